The van der Waals surface area contributed by atoms with Gasteiger partial charge in [0.25, 0.3) is 0 Å². The lowest BCUT2D eigenvalue weighted by Gasteiger charge is -2.56. The van der Waals surface area contributed by atoms with Gasteiger partial charge in [-0.05, 0) is 72.4 Å². The van der Waals surface area contributed by atoms with Gasteiger partial charge < -0.3 is 24.8 Å². The zero-order valence-electron chi connectivity index (χ0n) is 28.0. The topological polar surface area (TPSA) is 83.0 Å². The number of rotatable bonds is 8. The molecule has 1 saturated carbocycles. The number of likely N-dealkylation sites (tertiary alicyclic amines) is 1. The second-order valence-electron chi connectivity index (χ2n) is 15.5. The Morgan fingerprint density at radius 1 is 1.10 bits per heavy atom. The van der Waals surface area contributed by atoms with Crippen LogP contribution >= 0.6 is 0 Å². The number of phenolic OH excluding ortho intramolecular Hbond substituents is 1. The van der Waals surface area contributed by atoms with E-state index in [4.69, 9.17) is 25.9 Å². The van der Waals surface area contributed by atoms with Crippen LogP contribution in [0.2, 0.25) is 0 Å². The average molecular weight is 666 g/mol. The van der Waals surface area contributed by atoms with E-state index in [2.05, 4.69) is 21.0 Å². The Morgan fingerprint density at radius 3 is 2.51 bits per heavy atom. The largest absolute Gasteiger partial charge is 0.508 e. The molecule has 3 aromatic carbocycles. The van der Waals surface area contributed by atoms with Crippen molar-refractivity contribution in [3.05, 3.63) is 53.1 Å². The zero-order valence-corrected chi connectivity index (χ0v) is 28.0. The number of nitrogens with zero attached hydrogens (tertiary/aromatic N) is 4. The van der Waals surface area contributed by atoms with Gasteiger partial charge in [0.15, 0.2) is 5.82 Å². The molecule has 0 amide bonds. The highest BCUT2D eigenvalue weighted by Gasteiger charge is 2.53. The second kappa shape index (κ2) is 11.2. The van der Waals surface area contributed by atoms with Gasteiger partial charge in [-0.2, -0.15) is 9.97 Å². The Balaban J connectivity index is 1.17. The summed E-state index contributed by atoms with van der Waals surface area (Å²) < 4.78 is 44.8. The molecule has 4 aromatic rings. The molecule has 49 heavy (non-hydrogen) atoms. The second-order valence-corrected chi connectivity index (χ2v) is 15.5. The molecule has 10 heteroatoms. The zero-order chi connectivity index (χ0) is 33.7. The lowest BCUT2D eigenvalue weighted by atomic mass is 9.85. The number of aromatic hydroxyl groups is 1. The SMILES string of the molecule is C#Cc1c(F)ccc2cc(O)cc(-c3c(C(C)C)cc4c(N5CC6CCC(C5)N6)nc(OCC5(CN6CC7(CCO7)C6)CC5)nc4c3F)c12. The van der Waals surface area contributed by atoms with E-state index in [0.29, 0.717) is 51.8 Å². The highest BCUT2D eigenvalue weighted by molar-refractivity contribution is 6.05. The first-order valence-electron chi connectivity index (χ1n) is 17.6. The van der Waals surface area contributed by atoms with Crippen LogP contribution in [0, 0.1) is 29.4 Å². The first-order chi connectivity index (χ1) is 23.6. The molecular weight excluding hydrogens is 624 g/mol. The summed E-state index contributed by atoms with van der Waals surface area (Å²) in [5, 5.41) is 16.0. The number of halogens is 2. The van der Waals surface area contributed by atoms with Gasteiger partial charge in [0.2, 0.25) is 0 Å². The summed E-state index contributed by atoms with van der Waals surface area (Å²) in [5.74, 6) is 1.79. The van der Waals surface area contributed by atoms with Crippen molar-refractivity contribution in [2.45, 2.75) is 69.6 Å². The number of piperazine rings is 1. The van der Waals surface area contributed by atoms with E-state index >= 15 is 8.78 Å². The number of terminal acetylenes is 1. The summed E-state index contributed by atoms with van der Waals surface area (Å²) >= 11 is 0. The lowest BCUT2D eigenvalue weighted by Crippen LogP contribution is -2.68. The van der Waals surface area contributed by atoms with Gasteiger partial charge in [-0.3, -0.25) is 4.90 Å². The normalized spacial score (nSPS) is 23.6. The maximum atomic E-state index is 17.5. The highest BCUT2D eigenvalue weighted by atomic mass is 19.1. The molecule has 1 aromatic heterocycles. The molecule has 1 spiro atoms. The number of phenols is 1. The smallest absolute Gasteiger partial charge is 0.319 e. The fourth-order valence-electron chi connectivity index (χ4n) is 8.72. The van der Waals surface area contributed by atoms with Gasteiger partial charge in [0.1, 0.15) is 22.9 Å². The summed E-state index contributed by atoms with van der Waals surface area (Å²) in [6.07, 6.45) is 11.3. The van der Waals surface area contributed by atoms with Crippen molar-refractivity contribution in [1.82, 2.24) is 20.2 Å². The third-order valence-electron chi connectivity index (χ3n) is 11.5. The summed E-state index contributed by atoms with van der Waals surface area (Å²) in [4.78, 5) is 14.5. The standard InChI is InChI=1S/C39H41F2N5O3/c1-4-27-31(40)8-5-23-13-26(47)14-29(32(23)27)33-28(22(2)3)15-30-35(34(33)41)43-37(44-36(30)46-16-24-6-7-25(17-46)42-24)48-21-38(9-10-38)18-45-19-39(20-45)11-12-49-39/h1,5,8,13-15,22,24-25,42,47H,6-7,9-12,16-21H2,2-3H3. The van der Waals surface area contributed by atoms with E-state index in [1.165, 1.54) is 18.2 Å². The minimum atomic E-state index is -0.578. The molecular formula is C39H41F2N5O3. The number of aromatic nitrogens is 2. The molecule has 254 valence electrons. The average Bonchev–Trinajstić information content (AvgIpc) is 3.74. The van der Waals surface area contributed by atoms with E-state index in [0.717, 1.165) is 71.4 Å². The van der Waals surface area contributed by atoms with E-state index < -0.39 is 11.6 Å². The van der Waals surface area contributed by atoms with Crippen LogP contribution in [0.1, 0.15) is 63.0 Å². The Bertz CT molecular complexity index is 2030. The van der Waals surface area contributed by atoms with Crippen molar-refractivity contribution in [2.75, 3.05) is 50.8 Å². The number of nitrogens with one attached hydrogen (secondary N) is 1. The van der Waals surface area contributed by atoms with Crippen LogP contribution in [-0.4, -0.2) is 83.6 Å². The van der Waals surface area contributed by atoms with Crippen molar-refractivity contribution in [1.29, 1.82) is 0 Å². The van der Waals surface area contributed by atoms with E-state index in [-0.39, 0.29) is 45.3 Å². The van der Waals surface area contributed by atoms with Crippen LogP contribution in [0.5, 0.6) is 11.8 Å². The van der Waals surface area contributed by atoms with Crippen molar-refractivity contribution in [2.24, 2.45) is 5.41 Å². The number of fused-ring (bicyclic) bond motifs is 4. The minimum absolute atomic E-state index is 0.0251. The summed E-state index contributed by atoms with van der Waals surface area (Å²) in [5.41, 5.74) is 1.53. The third-order valence-corrected chi connectivity index (χ3v) is 11.5. The summed E-state index contributed by atoms with van der Waals surface area (Å²) in [6, 6.07) is 8.62. The van der Waals surface area contributed by atoms with Gasteiger partial charge in [0, 0.05) is 73.0 Å². The maximum absolute atomic E-state index is 17.5. The van der Waals surface area contributed by atoms with Crippen molar-refractivity contribution in [3.63, 3.8) is 0 Å². The molecule has 5 heterocycles. The van der Waals surface area contributed by atoms with Gasteiger partial charge in [-0.1, -0.05) is 25.8 Å². The summed E-state index contributed by atoms with van der Waals surface area (Å²) in [7, 11) is 0. The fourth-order valence-corrected chi connectivity index (χ4v) is 8.72. The molecule has 2 bridgehead atoms. The third kappa shape index (κ3) is 5.20. The predicted molar refractivity (Wildman–Crippen MR) is 185 cm³/mol. The van der Waals surface area contributed by atoms with Crippen LogP contribution in [-0.2, 0) is 4.74 Å². The van der Waals surface area contributed by atoms with Crippen LogP contribution in [0.25, 0.3) is 32.8 Å². The van der Waals surface area contributed by atoms with Crippen molar-refractivity contribution >= 4 is 27.5 Å². The molecule has 4 saturated heterocycles. The fraction of sp³-hybridized carbons (Fsp3) is 0.487. The van der Waals surface area contributed by atoms with Crippen LogP contribution < -0.4 is 15.0 Å². The Morgan fingerprint density at radius 2 is 1.86 bits per heavy atom. The number of ether oxygens (including phenoxy) is 2. The number of benzene rings is 3. The number of hydrogen-bond acceptors (Lipinski definition) is 8. The van der Waals surface area contributed by atoms with E-state index in [1.807, 2.05) is 19.9 Å². The first kappa shape index (κ1) is 31.0. The molecule has 1 aliphatic carbocycles. The predicted octanol–water partition coefficient (Wildman–Crippen LogP) is 6.11. The quantitative estimate of drug-likeness (QED) is 0.218. The van der Waals surface area contributed by atoms with Gasteiger partial charge >= 0.3 is 6.01 Å². The molecule has 4 aliphatic heterocycles. The van der Waals surface area contributed by atoms with Gasteiger partial charge in [-0.25, -0.2) is 8.78 Å². The number of anilines is 1. The van der Waals surface area contributed by atoms with Crippen LogP contribution in [0.4, 0.5) is 14.6 Å². The van der Waals surface area contributed by atoms with Gasteiger partial charge in [0.05, 0.1) is 24.4 Å². The van der Waals surface area contributed by atoms with Crippen molar-refractivity contribution < 1.29 is 23.4 Å². The molecule has 2 N–H and O–H groups in total. The molecule has 2 unspecified atom stereocenters. The maximum Gasteiger partial charge on any atom is 0.319 e. The van der Waals surface area contributed by atoms with E-state index in [1.54, 1.807) is 6.07 Å². The number of hydrogen-bond donors (Lipinski definition) is 2. The first-order valence-corrected chi connectivity index (χ1v) is 17.6. The lowest BCUT2D eigenvalue weighted by molar-refractivity contribution is -0.224. The minimum Gasteiger partial charge on any atom is -0.508 e. The Kier molecular flexibility index (Phi) is 7.11. The van der Waals surface area contributed by atoms with Crippen LogP contribution in [0.15, 0.2) is 30.3 Å². The molecule has 5 fully saturated rings. The monoisotopic (exact) mass is 665 g/mol. The molecule has 0 radical (unpaired) electrons. The molecule has 9 rings (SSSR count). The van der Waals surface area contributed by atoms with Gasteiger partial charge in [-0.15, -0.1) is 6.42 Å². The van der Waals surface area contributed by atoms with Crippen LogP contribution in [0.3, 0.4) is 0 Å². The molecule has 5 aliphatic rings. The molecule has 8 nitrogen and oxygen atoms in total. The Labute approximate surface area is 284 Å². The Hall–Kier alpha value is -4.04. The van der Waals surface area contributed by atoms with E-state index in [9.17, 15) is 5.11 Å². The summed E-state index contributed by atoms with van der Waals surface area (Å²) in [6.45, 7) is 9.69. The highest BCUT2D eigenvalue weighted by Crippen LogP contribution is 2.49. The molecule has 2 atom stereocenters. The van der Waals surface area contributed by atoms with Crippen molar-refractivity contribution in [3.8, 4) is 35.2 Å².